The second kappa shape index (κ2) is 3.64. The maximum Gasteiger partial charge on any atom is 0.124 e. The van der Waals surface area contributed by atoms with Crippen molar-refractivity contribution < 1.29 is 13.9 Å². The zero-order chi connectivity index (χ0) is 8.27. The summed E-state index contributed by atoms with van der Waals surface area (Å²) < 4.78 is 23.7. The van der Waals surface area contributed by atoms with Gasteiger partial charge < -0.3 is 0 Å². The van der Waals surface area contributed by atoms with Gasteiger partial charge in [0, 0.05) is 10.6 Å². The predicted octanol–water partition coefficient (Wildman–Crippen LogP) is 2.88. The lowest BCUT2D eigenvalue weighted by atomic mass is 10.2. The van der Waals surface area contributed by atoms with Crippen molar-refractivity contribution in [1.82, 2.24) is 0 Å². The molecule has 0 aliphatic heterocycles. The van der Waals surface area contributed by atoms with Crippen LogP contribution in [0.1, 0.15) is 5.56 Å². The molecule has 1 aromatic carbocycles. The van der Waals surface area contributed by atoms with Crippen LogP contribution in [0.5, 0.6) is 0 Å². The van der Waals surface area contributed by atoms with Crippen molar-refractivity contribution >= 4 is 11.6 Å². The van der Waals surface area contributed by atoms with Crippen molar-refractivity contribution in [1.29, 1.82) is 0 Å². The van der Waals surface area contributed by atoms with Crippen LogP contribution in [0.3, 0.4) is 0 Å². The number of hydrogen-bond acceptors (Lipinski definition) is 1. The highest BCUT2D eigenvalue weighted by Crippen LogP contribution is 2.17. The first kappa shape index (κ1) is 8.43. The monoisotopic (exact) mass is 178 g/mol. The molecule has 0 radical (unpaired) electrons. The van der Waals surface area contributed by atoms with E-state index in [1.165, 1.54) is 12.1 Å². The summed E-state index contributed by atoms with van der Waals surface area (Å²) in [6, 6.07) is 3.67. The smallest absolute Gasteiger partial charge is 0.124 e. The summed E-state index contributed by atoms with van der Waals surface area (Å²) in [7, 11) is 0. The van der Waals surface area contributed by atoms with E-state index in [0.717, 1.165) is 6.07 Å². The minimum Gasteiger partial charge on any atom is -0.207 e. The van der Waals surface area contributed by atoms with E-state index < -0.39 is 5.82 Å². The predicted molar refractivity (Wildman–Crippen MR) is 37.3 cm³/mol. The van der Waals surface area contributed by atoms with Crippen molar-refractivity contribution in [2.45, 2.75) is 6.61 Å². The Morgan fingerprint density at radius 3 is 2.73 bits per heavy atom. The van der Waals surface area contributed by atoms with Gasteiger partial charge >= 0.3 is 0 Å². The Bertz CT molecular complexity index is 252. The third kappa shape index (κ3) is 2.13. The summed E-state index contributed by atoms with van der Waals surface area (Å²) in [4.78, 5) is 3.34. The van der Waals surface area contributed by atoms with Crippen LogP contribution >= 0.6 is 11.6 Å². The summed E-state index contributed by atoms with van der Waals surface area (Å²) in [5.41, 5.74) is 0.426. The van der Waals surface area contributed by atoms with Gasteiger partial charge in [0.15, 0.2) is 0 Å². The van der Waals surface area contributed by atoms with Crippen LogP contribution in [-0.4, -0.2) is 0 Å². The van der Waals surface area contributed by atoms with Crippen LogP contribution in [-0.2, 0) is 11.5 Å². The molecule has 0 aromatic heterocycles. The van der Waals surface area contributed by atoms with Crippen molar-refractivity contribution in [2.75, 3.05) is 0 Å². The average molecular weight is 179 g/mol. The van der Waals surface area contributed by atoms with Crippen LogP contribution in [0.15, 0.2) is 18.2 Å². The molecular weight excluding hydrogens is 174 g/mol. The largest absolute Gasteiger partial charge is 0.207 e. The molecule has 4 heteroatoms. The molecule has 0 heterocycles. The lowest BCUT2D eigenvalue weighted by molar-refractivity contribution is -0.144. The molecule has 0 aliphatic rings. The summed E-state index contributed by atoms with van der Waals surface area (Å²) >= 11 is 5.52. The summed E-state index contributed by atoms with van der Waals surface area (Å²) in [6.45, 7) is -0.251. The van der Waals surface area contributed by atoms with Gasteiger partial charge in [0.05, 0.1) is 0 Å². The van der Waals surface area contributed by atoms with E-state index in [4.69, 9.17) is 11.6 Å². The normalized spacial score (nSPS) is 10.1. The molecule has 1 aromatic rings. The van der Waals surface area contributed by atoms with Gasteiger partial charge in [0.1, 0.15) is 12.4 Å². The third-order valence-electron chi connectivity index (χ3n) is 1.23. The summed E-state index contributed by atoms with van der Waals surface area (Å²) in [5, 5.41) is 0.169. The fourth-order valence-electron chi connectivity index (χ4n) is 0.698. The third-order valence-corrected chi connectivity index (χ3v) is 1.58. The molecule has 0 atom stereocenters. The van der Waals surface area contributed by atoms with Gasteiger partial charge in [-0.05, 0) is 16.7 Å². The quantitative estimate of drug-likeness (QED) is 0.677. The van der Waals surface area contributed by atoms with Crippen LogP contribution in [0, 0.1) is 5.82 Å². The average Bonchev–Trinajstić information content (AvgIpc) is 1.95. The molecular formula is C7H5ClF2O. The molecule has 1 rings (SSSR count). The van der Waals surface area contributed by atoms with Crippen molar-refractivity contribution in [3.8, 4) is 0 Å². The Balaban J connectivity index is 2.90. The van der Waals surface area contributed by atoms with Crippen molar-refractivity contribution in [3.05, 3.63) is 34.6 Å². The highest BCUT2D eigenvalue weighted by Gasteiger charge is 2.01. The first-order valence-corrected chi connectivity index (χ1v) is 3.29. The lowest BCUT2D eigenvalue weighted by Crippen LogP contribution is -1.86. The molecule has 1 nitrogen and oxygen atoms in total. The maximum atomic E-state index is 12.4. The molecule has 0 saturated heterocycles. The molecule has 0 unspecified atom stereocenters. The number of halogens is 3. The highest BCUT2D eigenvalue weighted by atomic mass is 35.5. The minimum atomic E-state index is -0.447. The Labute approximate surface area is 67.4 Å². The van der Waals surface area contributed by atoms with Crippen molar-refractivity contribution in [3.63, 3.8) is 0 Å². The van der Waals surface area contributed by atoms with Crippen LogP contribution in [0.2, 0.25) is 5.02 Å². The van der Waals surface area contributed by atoms with Crippen LogP contribution in [0.25, 0.3) is 0 Å². The Kier molecular flexibility index (Phi) is 2.79. The molecule has 0 aliphatic carbocycles. The van der Waals surface area contributed by atoms with Gasteiger partial charge in [-0.3, -0.25) is 0 Å². The minimum absolute atomic E-state index is 0.169. The molecule has 11 heavy (non-hydrogen) atoms. The van der Waals surface area contributed by atoms with E-state index in [1.54, 1.807) is 0 Å². The summed E-state index contributed by atoms with van der Waals surface area (Å²) in [5.74, 6) is -0.447. The molecule has 60 valence electrons. The molecule has 0 N–H and O–H groups in total. The number of benzene rings is 1. The zero-order valence-electron chi connectivity index (χ0n) is 5.48. The molecule has 0 fully saturated rings. The molecule has 0 spiro atoms. The van der Waals surface area contributed by atoms with Gasteiger partial charge in [-0.2, -0.15) is 4.94 Å². The van der Waals surface area contributed by atoms with E-state index in [0.29, 0.717) is 5.56 Å². The standard InChI is InChI=1S/C7H5ClF2O/c8-7-3-6(9)2-1-5(7)4-11-10/h1-3H,4H2. The maximum absolute atomic E-state index is 12.4. The molecule has 0 bridgehead atoms. The number of rotatable bonds is 2. The topological polar surface area (TPSA) is 9.23 Å². The van der Waals surface area contributed by atoms with Crippen LogP contribution in [0.4, 0.5) is 8.92 Å². The lowest BCUT2D eigenvalue weighted by Gasteiger charge is -1.98. The zero-order valence-corrected chi connectivity index (χ0v) is 6.24. The molecule has 0 saturated carbocycles. The fourth-order valence-corrected chi connectivity index (χ4v) is 0.919. The van der Waals surface area contributed by atoms with Gasteiger partial charge in [-0.15, -0.1) is 0 Å². The Morgan fingerprint density at radius 2 is 2.18 bits per heavy atom. The SMILES string of the molecule is FOCc1ccc(F)cc1Cl. The molecule has 0 amide bonds. The second-order valence-electron chi connectivity index (χ2n) is 1.99. The van der Waals surface area contributed by atoms with E-state index in [1.807, 2.05) is 0 Å². The van der Waals surface area contributed by atoms with Crippen molar-refractivity contribution in [2.24, 2.45) is 0 Å². The fraction of sp³-hybridized carbons (Fsp3) is 0.143. The Hall–Kier alpha value is -0.670. The van der Waals surface area contributed by atoms with E-state index in [9.17, 15) is 8.92 Å². The van der Waals surface area contributed by atoms with E-state index in [2.05, 4.69) is 4.94 Å². The van der Waals surface area contributed by atoms with Crippen LogP contribution < -0.4 is 0 Å². The van der Waals surface area contributed by atoms with E-state index >= 15 is 0 Å². The van der Waals surface area contributed by atoms with Gasteiger partial charge in [0.2, 0.25) is 0 Å². The highest BCUT2D eigenvalue weighted by molar-refractivity contribution is 6.31. The van der Waals surface area contributed by atoms with Gasteiger partial charge in [-0.1, -0.05) is 17.7 Å². The second-order valence-corrected chi connectivity index (χ2v) is 2.40. The van der Waals surface area contributed by atoms with E-state index in [-0.39, 0.29) is 11.6 Å². The van der Waals surface area contributed by atoms with Gasteiger partial charge in [0.25, 0.3) is 0 Å². The summed E-state index contributed by atoms with van der Waals surface area (Å²) in [6.07, 6.45) is 0. The van der Waals surface area contributed by atoms with Gasteiger partial charge in [-0.25, -0.2) is 4.39 Å². The number of hydrogen-bond donors (Lipinski definition) is 0. The first-order valence-electron chi connectivity index (χ1n) is 2.91. The Morgan fingerprint density at radius 1 is 1.45 bits per heavy atom. The first-order chi connectivity index (χ1) is 5.24.